The second-order valence-electron chi connectivity index (χ2n) is 8.37. The second-order valence-corrected chi connectivity index (χ2v) is 8.37. The summed E-state index contributed by atoms with van der Waals surface area (Å²) in [6, 6.07) is 12.8. The molecule has 3 aromatic rings. The van der Waals surface area contributed by atoms with Crippen LogP contribution in [0, 0.1) is 0 Å². The van der Waals surface area contributed by atoms with Crippen LogP contribution in [-0.4, -0.2) is 61.4 Å². The number of hydrogen-bond acceptors (Lipinski definition) is 9. The lowest BCUT2D eigenvalue weighted by Gasteiger charge is -2.36. The molecule has 4 rings (SSSR count). The number of aromatic hydroxyl groups is 1. The molecule has 0 saturated carbocycles. The Morgan fingerprint density at radius 3 is 2.51 bits per heavy atom. The number of esters is 1. The number of nitrogens with zero attached hydrogens (tertiary/aromatic N) is 3. The molecule has 0 amide bonds. The molecule has 184 valence electrons. The number of ether oxygens (including phenoxy) is 2. The molecule has 1 atom stereocenters. The van der Waals surface area contributed by atoms with Crippen molar-refractivity contribution in [2.75, 3.05) is 45.3 Å². The fourth-order valence-corrected chi connectivity index (χ4v) is 4.24. The number of anilines is 1. The Bertz CT molecular complexity index is 1190. The summed E-state index contributed by atoms with van der Waals surface area (Å²) < 4.78 is 16.1. The van der Waals surface area contributed by atoms with E-state index in [0.29, 0.717) is 17.9 Å². The second kappa shape index (κ2) is 11.1. The van der Waals surface area contributed by atoms with E-state index in [1.165, 1.54) is 13.2 Å². The van der Waals surface area contributed by atoms with Crippen LogP contribution in [0.2, 0.25) is 0 Å². The van der Waals surface area contributed by atoms with Gasteiger partial charge in [-0.3, -0.25) is 19.5 Å². The van der Waals surface area contributed by atoms with Gasteiger partial charge in [0.1, 0.15) is 11.5 Å². The van der Waals surface area contributed by atoms with E-state index < -0.39 is 23.1 Å². The highest BCUT2D eigenvalue weighted by Gasteiger charge is 2.27. The third-order valence-electron chi connectivity index (χ3n) is 6.19. The van der Waals surface area contributed by atoms with Crippen molar-refractivity contribution in [3.8, 4) is 11.5 Å². The molecule has 0 radical (unpaired) electrons. The van der Waals surface area contributed by atoms with Crippen LogP contribution < -0.4 is 15.1 Å². The molecular weight excluding hydrogens is 450 g/mol. The number of rotatable bonds is 8. The van der Waals surface area contributed by atoms with Crippen molar-refractivity contribution >= 4 is 11.7 Å². The van der Waals surface area contributed by atoms with Gasteiger partial charge in [0.25, 0.3) is 0 Å². The Morgan fingerprint density at radius 1 is 1.14 bits per heavy atom. The van der Waals surface area contributed by atoms with E-state index >= 15 is 0 Å². The van der Waals surface area contributed by atoms with Gasteiger partial charge in [-0.15, -0.1) is 0 Å². The zero-order valence-corrected chi connectivity index (χ0v) is 19.8. The van der Waals surface area contributed by atoms with Gasteiger partial charge in [-0.1, -0.05) is 6.07 Å². The number of carbonyl (C=O) groups is 1. The molecule has 0 spiro atoms. The highest BCUT2D eigenvalue weighted by Crippen LogP contribution is 2.33. The number of pyridine rings is 1. The third kappa shape index (κ3) is 5.81. The van der Waals surface area contributed by atoms with Gasteiger partial charge in [-0.2, -0.15) is 0 Å². The predicted molar refractivity (Wildman–Crippen MR) is 130 cm³/mol. The number of carbonyl (C=O) groups excluding carboxylic acids is 1. The molecule has 35 heavy (non-hydrogen) atoms. The quantitative estimate of drug-likeness (QED) is 0.488. The molecule has 1 N–H and O–H groups in total. The standard InChI is InChI=1S/C26H29N3O6/c1-33-20-7-5-19(6-8-20)29-12-10-28(11-13-29)17-21-14-23(30)25(32)26(35-21)22(15-24(31)34-2)18-4-3-9-27-16-18/h3-9,14,16,22,32H,10-13,15,17H2,1-2H3/t22-/m0/s1. The Balaban J connectivity index is 1.50. The molecule has 0 aliphatic carbocycles. The van der Waals surface area contributed by atoms with Crippen molar-refractivity contribution in [3.63, 3.8) is 0 Å². The Labute approximate surface area is 203 Å². The van der Waals surface area contributed by atoms with Crippen molar-refractivity contribution < 1.29 is 23.8 Å². The smallest absolute Gasteiger partial charge is 0.306 e. The summed E-state index contributed by atoms with van der Waals surface area (Å²) in [5.74, 6) is -0.392. The summed E-state index contributed by atoms with van der Waals surface area (Å²) in [5, 5.41) is 10.5. The zero-order valence-electron chi connectivity index (χ0n) is 19.8. The molecule has 0 unspecified atom stereocenters. The Morgan fingerprint density at radius 2 is 1.89 bits per heavy atom. The number of hydrogen-bond donors (Lipinski definition) is 1. The Hall–Kier alpha value is -3.85. The van der Waals surface area contributed by atoms with E-state index in [1.54, 1.807) is 31.6 Å². The molecule has 3 heterocycles. The lowest BCUT2D eigenvalue weighted by Crippen LogP contribution is -2.46. The van der Waals surface area contributed by atoms with E-state index in [9.17, 15) is 14.7 Å². The molecular formula is C26H29N3O6. The van der Waals surface area contributed by atoms with Crippen molar-refractivity contribution in [3.05, 3.63) is 82.2 Å². The summed E-state index contributed by atoms with van der Waals surface area (Å²) >= 11 is 0. The van der Waals surface area contributed by atoms with Crippen LogP contribution in [0.25, 0.3) is 0 Å². The van der Waals surface area contributed by atoms with Crippen molar-refractivity contribution in [1.82, 2.24) is 9.88 Å². The van der Waals surface area contributed by atoms with Gasteiger partial charge < -0.3 is 23.9 Å². The number of benzene rings is 1. The molecule has 1 aliphatic heterocycles. The molecule has 9 heteroatoms. The zero-order chi connectivity index (χ0) is 24.8. The lowest BCUT2D eigenvalue weighted by atomic mass is 9.93. The topological polar surface area (TPSA) is 105 Å². The van der Waals surface area contributed by atoms with Gasteiger partial charge in [-0.25, -0.2) is 0 Å². The van der Waals surface area contributed by atoms with Crippen LogP contribution in [0.4, 0.5) is 5.69 Å². The monoisotopic (exact) mass is 479 g/mol. The minimum atomic E-state index is -0.698. The lowest BCUT2D eigenvalue weighted by molar-refractivity contribution is -0.140. The third-order valence-corrected chi connectivity index (χ3v) is 6.19. The molecule has 9 nitrogen and oxygen atoms in total. The van der Waals surface area contributed by atoms with Gasteiger partial charge in [0, 0.05) is 50.3 Å². The molecule has 0 bridgehead atoms. The molecule has 2 aromatic heterocycles. The number of methoxy groups -OCH3 is 2. The van der Waals surface area contributed by atoms with Crippen LogP contribution in [0.5, 0.6) is 11.5 Å². The molecule has 1 aromatic carbocycles. The fourth-order valence-electron chi connectivity index (χ4n) is 4.24. The maximum absolute atomic E-state index is 12.6. The van der Waals surface area contributed by atoms with Gasteiger partial charge in [-0.05, 0) is 35.9 Å². The maximum Gasteiger partial charge on any atom is 0.306 e. The van der Waals surface area contributed by atoms with E-state index in [4.69, 9.17) is 13.9 Å². The van der Waals surface area contributed by atoms with Crippen LogP contribution in [0.3, 0.4) is 0 Å². The number of piperazine rings is 1. The van der Waals surface area contributed by atoms with Gasteiger partial charge in [0.05, 0.1) is 33.1 Å². The van der Waals surface area contributed by atoms with E-state index in [-0.39, 0.29) is 12.2 Å². The van der Waals surface area contributed by atoms with Gasteiger partial charge in [0.2, 0.25) is 11.2 Å². The first-order valence-electron chi connectivity index (χ1n) is 11.4. The van der Waals surface area contributed by atoms with Crippen LogP contribution in [0.15, 0.2) is 64.1 Å². The Kier molecular flexibility index (Phi) is 7.67. The summed E-state index contributed by atoms with van der Waals surface area (Å²) in [6.45, 7) is 3.61. The van der Waals surface area contributed by atoms with Gasteiger partial charge in [0.15, 0.2) is 5.76 Å². The number of aromatic nitrogens is 1. The largest absolute Gasteiger partial charge is 0.502 e. The highest BCUT2D eigenvalue weighted by atomic mass is 16.5. The average molecular weight is 480 g/mol. The van der Waals surface area contributed by atoms with E-state index in [2.05, 4.69) is 14.8 Å². The summed E-state index contributed by atoms with van der Waals surface area (Å²) in [5.41, 5.74) is 1.23. The summed E-state index contributed by atoms with van der Waals surface area (Å²) in [7, 11) is 2.94. The summed E-state index contributed by atoms with van der Waals surface area (Å²) in [4.78, 5) is 33.3. The minimum Gasteiger partial charge on any atom is -0.502 e. The normalized spacial score (nSPS) is 15.0. The SMILES string of the molecule is COC(=O)C[C@@H](c1cccnc1)c1oc(CN2CCN(c3ccc(OC)cc3)CC2)cc(=O)c1O. The fraction of sp³-hybridized carbons (Fsp3) is 0.346. The van der Waals surface area contributed by atoms with Gasteiger partial charge >= 0.3 is 5.97 Å². The van der Waals surface area contributed by atoms with E-state index in [1.807, 2.05) is 24.3 Å². The van der Waals surface area contributed by atoms with Crippen LogP contribution >= 0.6 is 0 Å². The molecule has 1 aliphatic rings. The van der Waals surface area contributed by atoms with Crippen molar-refractivity contribution in [2.24, 2.45) is 0 Å². The molecule has 1 fully saturated rings. The average Bonchev–Trinajstić information content (AvgIpc) is 2.90. The maximum atomic E-state index is 12.6. The predicted octanol–water partition coefficient (Wildman–Crippen LogP) is 2.77. The van der Waals surface area contributed by atoms with Crippen LogP contribution in [-0.2, 0) is 16.1 Å². The first kappa shape index (κ1) is 24.3. The van der Waals surface area contributed by atoms with E-state index in [0.717, 1.165) is 37.6 Å². The van der Waals surface area contributed by atoms with Crippen LogP contribution in [0.1, 0.15) is 29.4 Å². The van der Waals surface area contributed by atoms with Crippen molar-refractivity contribution in [2.45, 2.75) is 18.9 Å². The molecule has 1 saturated heterocycles. The first-order chi connectivity index (χ1) is 17.0. The minimum absolute atomic E-state index is 0.0442. The first-order valence-corrected chi connectivity index (χ1v) is 11.4. The summed E-state index contributed by atoms with van der Waals surface area (Å²) in [6.07, 6.45) is 3.09. The van der Waals surface area contributed by atoms with Crippen molar-refractivity contribution in [1.29, 1.82) is 0 Å². The highest BCUT2D eigenvalue weighted by molar-refractivity contribution is 5.71.